The van der Waals surface area contributed by atoms with E-state index in [4.69, 9.17) is 4.74 Å². The lowest BCUT2D eigenvalue weighted by Crippen LogP contribution is -2.46. The molecule has 124 valence electrons. The number of carbonyl (C=O) groups excluding carboxylic acids is 1. The number of phenols is 1. The van der Waals surface area contributed by atoms with Crippen molar-refractivity contribution < 1.29 is 24.9 Å². The minimum atomic E-state index is -1.41. The van der Waals surface area contributed by atoms with Crippen molar-refractivity contribution in [3.63, 3.8) is 0 Å². The maximum absolute atomic E-state index is 12.4. The van der Waals surface area contributed by atoms with Gasteiger partial charge in [0.15, 0.2) is 6.10 Å². The molecule has 0 aliphatic carbocycles. The lowest BCUT2D eigenvalue weighted by atomic mass is 9.85. The highest BCUT2D eigenvalue weighted by atomic mass is 16.6. The number of rotatable bonds is 1. The summed E-state index contributed by atoms with van der Waals surface area (Å²) < 4.78 is 5.22. The average Bonchev–Trinajstić information content (AvgIpc) is 2.90. The Kier molecular flexibility index (Phi) is 2.95. The number of nitrogens with one attached hydrogen (secondary N) is 1. The van der Waals surface area contributed by atoms with Gasteiger partial charge in [-0.05, 0) is 26.0 Å². The second-order valence-electron chi connectivity index (χ2n) is 6.70. The predicted octanol–water partition coefficient (Wildman–Crippen LogP) is 2.37. The smallest absolute Gasteiger partial charge is 0.339 e. The molecule has 0 radical (unpaired) electrons. The summed E-state index contributed by atoms with van der Waals surface area (Å²) in [4.78, 5) is 15.5. The standard InChI is InChI=1S/C18H17NO5/c1-18(2,23)16-15(21)13-9(17(22)24-16)7-11(20)14-12(13)8-5-3-4-6-10(8)19-14/h3-7,15-16,19-21,23H,1-2H3/t15-,16+/m1/s1. The molecule has 0 fully saturated rings. The predicted molar refractivity (Wildman–Crippen MR) is 87.9 cm³/mol. The van der Waals surface area contributed by atoms with Gasteiger partial charge in [-0.2, -0.15) is 0 Å². The van der Waals surface area contributed by atoms with Gasteiger partial charge in [0, 0.05) is 21.9 Å². The van der Waals surface area contributed by atoms with E-state index in [1.165, 1.54) is 19.9 Å². The Hall–Kier alpha value is -2.57. The molecule has 0 bridgehead atoms. The van der Waals surface area contributed by atoms with Crippen LogP contribution >= 0.6 is 0 Å². The Balaban J connectivity index is 2.12. The highest BCUT2D eigenvalue weighted by Gasteiger charge is 2.44. The summed E-state index contributed by atoms with van der Waals surface area (Å²) in [6.45, 7) is 2.96. The van der Waals surface area contributed by atoms with Crippen LogP contribution in [0, 0.1) is 0 Å². The van der Waals surface area contributed by atoms with Crippen molar-refractivity contribution in [1.29, 1.82) is 0 Å². The minimum absolute atomic E-state index is 0.0918. The fourth-order valence-corrected chi connectivity index (χ4v) is 3.44. The fourth-order valence-electron chi connectivity index (χ4n) is 3.44. The highest BCUT2D eigenvalue weighted by molar-refractivity contribution is 6.14. The molecule has 6 nitrogen and oxygen atoms in total. The summed E-state index contributed by atoms with van der Waals surface area (Å²) in [6, 6.07) is 8.68. The van der Waals surface area contributed by atoms with Crippen molar-refractivity contribution in [1.82, 2.24) is 4.98 Å². The Morgan fingerprint density at radius 3 is 2.67 bits per heavy atom. The number of esters is 1. The zero-order chi connectivity index (χ0) is 17.2. The van der Waals surface area contributed by atoms with Gasteiger partial charge in [-0.15, -0.1) is 0 Å². The van der Waals surface area contributed by atoms with Crippen molar-refractivity contribution in [3.8, 4) is 5.75 Å². The van der Waals surface area contributed by atoms with Gasteiger partial charge in [-0.3, -0.25) is 0 Å². The zero-order valence-corrected chi connectivity index (χ0v) is 13.2. The first-order valence-corrected chi connectivity index (χ1v) is 7.66. The van der Waals surface area contributed by atoms with Crippen molar-refractivity contribution in [3.05, 3.63) is 41.5 Å². The molecule has 1 aliphatic rings. The molecule has 0 saturated heterocycles. The van der Waals surface area contributed by atoms with Crippen molar-refractivity contribution in [2.45, 2.75) is 31.7 Å². The number of ether oxygens (including phenoxy) is 1. The molecule has 6 heteroatoms. The molecule has 2 aromatic carbocycles. The van der Waals surface area contributed by atoms with Gasteiger partial charge < -0.3 is 25.0 Å². The average molecular weight is 327 g/mol. The summed E-state index contributed by atoms with van der Waals surface area (Å²) in [5, 5.41) is 32.7. The molecule has 0 unspecified atom stereocenters. The Bertz CT molecular complexity index is 982. The second kappa shape index (κ2) is 4.72. The van der Waals surface area contributed by atoms with Gasteiger partial charge in [0.25, 0.3) is 0 Å². The summed E-state index contributed by atoms with van der Waals surface area (Å²) >= 11 is 0. The van der Waals surface area contributed by atoms with Crippen LogP contribution in [0.15, 0.2) is 30.3 Å². The quantitative estimate of drug-likeness (QED) is 0.514. The Morgan fingerprint density at radius 1 is 1.25 bits per heavy atom. The van der Waals surface area contributed by atoms with E-state index in [0.717, 1.165) is 10.9 Å². The van der Waals surface area contributed by atoms with Gasteiger partial charge in [0.1, 0.15) is 11.9 Å². The van der Waals surface area contributed by atoms with Crippen LogP contribution in [0.1, 0.15) is 35.9 Å². The number of para-hydroxylation sites is 1. The molecular formula is C18H17NO5. The van der Waals surface area contributed by atoms with E-state index < -0.39 is 23.8 Å². The van der Waals surface area contributed by atoms with Crippen LogP contribution in [0.2, 0.25) is 0 Å². The Morgan fingerprint density at radius 2 is 1.96 bits per heavy atom. The van der Waals surface area contributed by atoms with Crippen molar-refractivity contribution in [2.24, 2.45) is 0 Å². The lowest BCUT2D eigenvalue weighted by molar-refractivity contribution is -0.121. The van der Waals surface area contributed by atoms with Gasteiger partial charge in [-0.1, -0.05) is 18.2 Å². The van der Waals surface area contributed by atoms with E-state index in [2.05, 4.69) is 4.98 Å². The molecule has 2 heterocycles. The normalized spacial score (nSPS) is 21.1. The molecule has 1 aromatic heterocycles. The van der Waals surface area contributed by atoms with Crippen LogP contribution in [0.3, 0.4) is 0 Å². The SMILES string of the molecule is CC(C)(O)[C@H]1OC(=O)c2cc(O)c3[nH]c4ccccc4c3c2[C@H]1O. The van der Waals surface area contributed by atoms with Crippen LogP contribution in [-0.2, 0) is 4.74 Å². The van der Waals surface area contributed by atoms with Gasteiger partial charge >= 0.3 is 5.97 Å². The van der Waals surface area contributed by atoms with E-state index in [9.17, 15) is 20.1 Å². The third-order valence-corrected chi connectivity index (χ3v) is 4.54. The molecular weight excluding hydrogens is 310 g/mol. The van der Waals surface area contributed by atoms with Gasteiger partial charge in [-0.25, -0.2) is 4.79 Å². The molecule has 24 heavy (non-hydrogen) atoms. The number of hydrogen-bond acceptors (Lipinski definition) is 5. The lowest BCUT2D eigenvalue weighted by Gasteiger charge is -2.37. The van der Waals surface area contributed by atoms with E-state index >= 15 is 0 Å². The number of cyclic esters (lactones) is 1. The van der Waals surface area contributed by atoms with Crippen LogP contribution < -0.4 is 0 Å². The largest absolute Gasteiger partial charge is 0.506 e. The number of fused-ring (bicyclic) bond motifs is 5. The van der Waals surface area contributed by atoms with Crippen LogP contribution in [0.5, 0.6) is 5.75 Å². The van der Waals surface area contributed by atoms with E-state index in [1.807, 2.05) is 24.3 Å². The summed E-state index contributed by atoms with van der Waals surface area (Å²) in [6.07, 6.45) is -2.31. The van der Waals surface area contributed by atoms with Gasteiger partial charge in [0.05, 0.1) is 16.7 Å². The number of aliphatic hydroxyl groups is 2. The summed E-state index contributed by atoms with van der Waals surface area (Å²) in [7, 11) is 0. The molecule has 0 amide bonds. The van der Waals surface area contributed by atoms with Crippen LogP contribution in [0.25, 0.3) is 21.8 Å². The number of aliphatic hydroxyl groups excluding tert-OH is 1. The number of benzene rings is 2. The number of aromatic nitrogens is 1. The van der Waals surface area contributed by atoms with Crippen LogP contribution in [-0.4, -0.2) is 38.0 Å². The zero-order valence-electron chi connectivity index (χ0n) is 13.2. The number of hydrogen-bond donors (Lipinski definition) is 4. The summed E-state index contributed by atoms with van der Waals surface area (Å²) in [5.41, 5.74) is 0.282. The monoisotopic (exact) mass is 327 g/mol. The number of carbonyl (C=O) groups is 1. The van der Waals surface area contributed by atoms with Crippen molar-refractivity contribution >= 4 is 27.8 Å². The molecule has 4 rings (SSSR count). The topological polar surface area (TPSA) is 103 Å². The number of aromatic amines is 1. The molecule has 0 saturated carbocycles. The van der Waals surface area contributed by atoms with E-state index in [0.29, 0.717) is 16.5 Å². The van der Waals surface area contributed by atoms with Crippen LogP contribution in [0.4, 0.5) is 0 Å². The number of phenolic OH excluding ortho intramolecular Hbond substituents is 1. The maximum atomic E-state index is 12.4. The second-order valence-corrected chi connectivity index (χ2v) is 6.70. The molecule has 3 aromatic rings. The van der Waals surface area contributed by atoms with Crippen molar-refractivity contribution in [2.75, 3.05) is 0 Å². The first-order chi connectivity index (χ1) is 11.3. The van der Waals surface area contributed by atoms with E-state index in [-0.39, 0.29) is 11.3 Å². The minimum Gasteiger partial charge on any atom is -0.506 e. The maximum Gasteiger partial charge on any atom is 0.339 e. The third-order valence-electron chi connectivity index (χ3n) is 4.54. The Labute approximate surface area is 137 Å². The van der Waals surface area contributed by atoms with Gasteiger partial charge in [0.2, 0.25) is 0 Å². The third kappa shape index (κ3) is 1.93. The summed E-state index contributed by atoms with van der Waals surface area (Å²) in [5.74, 6) is -0.768. The first kappa shape index (κ1) is 15.0. The highest BCUT2D eigenvalue weighted by Crippen LogP contribution is 2.44. The van der Waals surface area contributed by atoms with E-state index in [1.54, 1.807) is 0 Å². The number of H-pyrrole nitrogens is 1. The number of aromatic hydroxyl groups is 1. The fraction of sp³-hybridized carbons (Fsp3) is 0.278. The molecule has 2 atom stereocenters. The molecule has 1 aliphatic heterocycles. The molecule has 0 spiro atoms. The first-order valence-electron chi connectivity index (χ1n) is 7.66. The molecule has 4 N–H and O–H groups in total.